The SMILES string of the molecule is CN1CCN(C(=O)CCCc2ccc(Cl)c(Cl)c2)Cc2ccccc21. The number of fused-ring (bicyclic) bond motifs is 1. The summed E-state index contributed by atoms with van der Waals surface area (Å²) < 4.78 is 0. The summed E-state index contributed by atoms with van der Waals surface area (Å²) in [6.45, 7) is 2.30. The minimum Gasteiger partial charge on any atom is -0.373 e. The van der Waals surface area contributed by atoms with Crippen LogP contribution in [0.1, 0.15) is 24.0 Å². The van der Waals surface area contributed by atoms with Crippen molar-refractivity contribution in [3.05, 3.63) is 63.6 Å². The molecule has 0 saturated carbocycles. The summed E-state index contributed by atoms with van der Waals surface area (Å²) in [6, 6.07) is 14.0. The van der Waals surface area contributed by atoms with Crippen molar-refractivity contribution in [3.63, 3.8) is 0 Å². The highest BCUT2D eigenvalue weighted by atomic mass is 35.5. The number of para-hydroxylation sites is 1. The predicted octanol–water partition coefficient (Wildman–Crippen LogP) is 4.79. The summed E-state index contributed by atoms with van der Waals surface area (Å²) in [5, 5.41) is 1.13. The van der Waals surface area contributed by atoms with Crippen LogP contribution in [0.2, 0.25) is 10.0 Å². The van der Waals surface area contributed by atoms with Gasteiger partial charge < -0.3 is 9.80 Å². The lowest BCUT2D eigenvalue weighted by atomic mass is 10.1. The van der Waals surface area contributed by atoms with E-state index in [1.54, 1.807) is 0 Å². The molecule has 1 heterocycles. The van der Waals surface area contributed by atoms with E-state index in [1.807, 2.05) is 35.2 Å². The van der Waals surface area contributed by atoms with Crippen molar-refractivity contribution >= 4 is 34.8 Å². The number of amides is 1. The van der Waals surface area contributed by atoms with E-state index in [1.165, 1.54) is 11.3 Å². The third kappa shape index (κ3) is 4.47. The van der Waals surface area contributed by atoms with Gasteiger partial charge in [-0.05, 0) is 42.2 Å². The third-order valence-electron chi connectivity index (χ3n) is 4.66. The van der Waals surface area contributed by atoms with Gasteiger partial charge in [-0.2, -0.15) is 0 Å². The number of benzene rings is 2. The van der Waals surface area contributed by atoms with E-state index < -0.39 is 0 Å². The summed E-state index contributed by atoms with van der Waals surface area (Å²) in [7, 11) is 2.08. The second-order valence-corrected chi connectivity index (χ2v) is 7.28. The lowest BCUT2D eigenvalue weighted by molar-refractivity contribution is -0.131. The number of nitrogens with zero attached hydrogens (tertiary/aromatic N) is 2. The van der Waals surface area contributed by atoms with Crippen LogP contribution in [0.4, 0.5) is 5.69 Å². The van der Waals surface area contributed by atoms with E-state index in [2.05, 4.69) is 24.1 Å². The Labute approximate surface area is 159 Å². The Balaban J connectivity index is 1.57. The number of rotatable bonds is 4. The molecular weight excluding hydrogens is 355 g/mol. The van der Waals surface area contributed by atoms with Crippen molar-refractivity contribution in [1.29, 1.82) is 0 Å². The van der Waals surface area contributed by atoms with E-state index in [0.717, 1.165) is 31.5 Å². The summed E-state index contributed by atoms with van der Waals surface area (Å²) in [4.78, 5) is 16.8. The molecule has 0 radical (unpaired) electrons. The van der Waals surface area contributed by atoms with Gasteiger partial charge in [0.25, 0.3) is 0 Å². The highest BCUT2D eigenvalue weighted by Crippen LogP contribution is 2.25. The van der Waals surface area contributed by atoms with Gasteiger partial charge in [-0.15, -0.1) is 0 Å². The fourth-order valence-electron chi connectivity index (χ4n) is 3.20. The van der Waals surface area contributed by atoms with Crippen LogP contribution >= 0.6 is 23.2 Å². The lowest BCUT2D eigenvalue weighted by Crippen LogP contribution is -2.34. The monoisotopic (exact) mass is 376 g/mol. The molecule has 0 unspecified atom stereocenters. The maximum Gasteiger partial charge on any atom is 0.222 e. The van der Waals surface area contributed by atoms with E-state index in [0.29, 0.717) is 23.0 Å². The molecule has 0 N–H and O–H groups in total. The number of anilines is 1. The number of hydrogen-bond acceptors (Lipinski definition) is 2. The van der Waals surface area contributed by atoms with Crippen molar-refractivity contribution in [2.24, 2.45) is 0 Å². The molecule has 2 aromatic rings. The largest absolute Gasteiger partial charge is 0.373 e. The smallest absolute Gasteiger partial charge is 0.222 e. The molecule has 0 fully saturated rings. The Morgan fingerprint density at radius 3 is 2.68 bits per heavy atom. The number of carbonyl (C=O) groups excluding carboxylic acids is 1. The second-order valence-electron chi connectivity index (χ2n) is 6.47. The van der Waals surface area contributed by atoms with Gasteiger partial charge in [0.05, 0.1) is 10.0 Å². The first-order valence-electron chi connectivity index (χ1n) is 8.55. The molecule has 0 spiro atoms. The Morgan fingerprint density at radius 1 is 1.08 bits per heavy atom. The van der Waals surface area contributed by atoms with Crippen LogP contribution in [0.5, 0.6) is 0 Å². The average molecular weight is 377 g/mol. The molecule has 1 aliphatic rings. The molecule has 0 atom stereocenters. The number of hydrogen-bond donors (Lipinski definition) is 0. The molecule has 3 nitrogen and oxygen atoms in total. The van der Waals surface area contributed by atoms with Crippen LogP contribution in [-0.2, 0) is 17.8 Å². The molecule has 1 aliphatic heterocycles. The van der Waals surface area contributed by atoms with Gasteiger partial charge in [-0.3, -0.25) is 4.79 Å². The van der Waals surface area contributed by atoms with Crippen molar-refractivity contribution in [3.8, 4) is 0 Å². The first-order chi connectivity index (χ1) is 12.0. The normalized spacial score (nSPS) is 14.2. The first kappa shape index (κ1) is 18.1. The molecule has 0 aliphatic carbocycles. The zero-order valence-corrected chi connectivity index (χ0v) is 15.9. The molecule has 5 heteroatoms. The van der Waals surface area contributed by atoms with Crippen LogP contribution in [0.15, 0.2) is 42.5 Å². The molecule has 1 amide bonds. The van der Waals surface area contributed by atoms with Crippen molar-refractivity contribution in [1.82, 2.24) is 4.90 Å². The number of carbonyl (C=O) groups is 1. The maximum atomic E-state index is 12.6. The predicted molar refractivity (Wildman–Crippen MR) is 105 cm³/mol. The summed E-state index contributed by atoms with van der Waals surface area (Å²) in [6.07, 6.45) is 2.18. The van der Waals surface area contributed by atoms with Crippen molar-refractivity contribution < 1.29 is 4.79 Å². The van der Waals surface area contributed by atoms with Gasteiger partial charge in [-0.1, -0.05) is 47.5 Å². The van der Waals surface area contributed by atoms with Crippen molar-refractivity contribution in [2.45, 2.75) is 25.8 Å². The number of halogens is 2. The fourth-order valence-corrected chi connectivity index (χ4v) is 3.52. The maximum absolute atomic E-state index is 12.6. The molecule has 132 valence electrons. The first-order valence-corrected chi connectivity index (χ1v) is 9.31. The Hall–Kier alpha value is -1.71. The van der Waals surface area contributed by atoms with E-state index in [4.69, 9.17) is 23.2 Å². The van der Waals surface area contributed by atoms with E-state index in [-0.39, 0.29) is 5.91 Å². The van der Waals surface area contributed by atoms with Crippen molar-refractivity contribution in [2.75, 3.05) is 25.0 Å². The third-order valence-corrected chi connectivity index (χ3v) is 5.40. The quantitative estimate of drug-likeness (QED) is 0.765. The van der Waals surface area contributed by atoms with Crippen LogP contribution < -0.4 is 4.90 Å². The second kappa shape index (κ2) is 8.11. The minimum atomic E-state index is 0.213. The van der Waals surface area contributed by atoms with Crippen LogP contribution in [-0.4, -0.2) is 30.9 Å². The van der Waals surface area contributed by atoms with Gasteiger partial charge in [-0.25, -0.2) is 0 Å². The number of likely N-dealkylation sites (N-methyl/N-ethyl adjacent to an activating group) is 1. The van der Waals surface area contributed by atoms with Gasteiger partial charge in [0.1, 0.15) is 0 Å². The van der Waals surface area contributed by atoms with Gasteiger partial charge in [0.2, 0.25) is 5.91 Å². The zero-order valence-electron chi connectivity index (χ0n) is 14.3. The molecule has 2 aromatic carbocycles. The Morgan fingerprint density at radius 2 is 1.88 bits per heavy atom. The lowest BCUT2D eigenvalue weighted by Gasteiger charge is -2.21. The van der Waals surface area contributed by atoms with Crippen LogP contribution in [0, 0.1) is 0 Å². The zero-order chi connectivity index (χ0) is 17.8. The van der Waals surface area contributed by atoms with Crippen LogP contribution in [0.3, 0.4) is 0 Å². The molecule has 3 rings (SSSR count). The van der Waals surface area contributed by atoms with Gasteiger partial charge >= 0.3 is 0 Å². The van der Waals surface area contributed by atoms with Crippen LogP contribution in [0.25, 0.3) is 0 Å². The summed E-state index contributed by atoms with van der Waals surface area (Å²) in [5.74, 6) is 0.213. The average Bonchev–Trinajstić information content (AvgIpc) is 2.77. The summed E-state index contributed by atoms with van der Waals surface area (Å²) >= 11 is 12.0. The summed E-state index contributed by atoms with van der Waals surface area (Å²) in [5.41, 5.74) is 3.54. The van der Waals surface area contributed by atoms with E-state index >= 15 is 0 Å². The minimum absolute atomic E-state index is 0.213. The molecule has 0 bridgehead atoms. The molecule has 0 saturated heterocycles. The highest BCUT2D eigenvalue weighted by molar-refractivity contribution is 6.42. The molecule has 25 heavy (non-hydrogen) atoms. The Kier molecular flexibility index (Phi) is 5.87. The van der Waals surface area contributed by atoms with Gasteiger partial charge in [0, 0.05) is 38.8 Å². The number of aryl methyl sites for hydroxylation is 1. The van der Waals surface area contributed by atoms with E-state index in [9.17, 15) is 4.79 Å². The highest BCUT2D eigenvalue weighted by Gasteiger charge is 2.20. The standard InChI is InChI=1S/C20H22Cl2N2O/c1-23-11-12-24(14-16-6-2-3-7-19(16)23)20(25)8-4-5-15-9-10-17(21)18(22)13-15/h2-3,6-7,9-10,13H,4-5,8,11-12,14H2,1H3. The Bertz CT molecular complexity index is 763. The fraction of sp³-hybridized carbons (Fsp3) is 0.350. The van der Waals surface area contributed by atoms with Gasteiger partial charge in [0.15, 0.2) is 0 Å². The molecule has 0 aromatic heterocycles. The molecular formula is C20H22Cl2N2O. The topological polar surface area (TPSA) is 23.6 Å².